The van der Waals surface area contributed by atoms with Gasteiger partial charge in [-0.1, -0.05) is 32.1 Å². The SMILES string of the molecule is NC(=O)c1nsc(C(=O)N(C2CCCC2)C(C(=O)NC2CCCCC2)c2ccncc2)c1N. The van der Waals surface area contributed by atoms with Crippen LogP contribution in [0.15, 0.2) is 24.5 Å². The van der Waals surface area contributed by atoms with Gasteiger partial charge in [0.05, 0.1) is 5.69 Å². The molecule has 1 atom stereocenters. The number of nitrogens with one attached hydrogen (secondary N) is 1. The number of pyridine rings is 1. The van der Waals surface area contributed by atoms with Gasteiger partial charge in [0.25, 0.3) is 11.8 Å². The molecule has 0 spiro atoms. The first-order valence-corrected chi connectivity index (χ1v) is 12.3. The third-order valence-corrected chi connectivity index (χ3v) is 7.46. The summed E-state index contributed by atoms with van der Waals surface area (Å²) in [6.45, 7) is 0. The summed E-state index contributed by atoms with van der Waals surface area (Å²) < 4.78 is 4.00. The molecule has 10 heteroatoms. The summed E-state index contributed by atoms with van der Waals surface area (Å²) in [5, 5.41) is 3.19. The molecule has 2 aromatic rings. The van der Waals surface area contributed by atoms with Crippen molar-refractivity contribution in [2.45, 2.75) is 75.9 Å². The Hall–Kier alpha value is -3.01. The fourth-order valence-corrected chi connectivity index (χ4v) is 5.68. The molecule has 0 aliphatic heterocycles. The molecule has 2 aliphatic carbocycles. The maximum atomic E-state index is 13.9. The zero-order valence-electron chi connectivity index (χ0n) is 18.5. The summed E-state index contributed by atoms with van der Waals surface area (Å²) in [4.78, 5) is 45.1. The fraction of sp³-hybridized carbons (Fsp3) is 0.522. The molecule has 2 heterocycles. The molecule has 2 fully saturated rings. The Morgan fingerprint density at radius 2 is 1.67 bits per heavy atom. The lowest BCUT2D eigenvalue weighted by atomic mass is 9.94. The van der Waals surface area contributed by atoms with Gasteiger partial charge in [0, 0.05) is 24.5 Å². The lowest BCUT2D eigenvalue weighted by Gasteiger charge is -2.37. The number of carbonyl (C=O) groups excluding carboxylic acids is 3. The lowest BCUT2D eigenvalue weighted by Crippen LogP contribution is -2.50. The highest BCUT2D eigenvalue weighted by Crippen LogP contribution is 2.35. The van der Waals surface area contributed by atoms with Gasteiger partial charge in [0.15, 0.2) is 5.69 Å². The Bertz CT molecular complexity index is 999. The summed E-state index contributed by atoms with van der Waals surface area (Å²) in [5.41, 5.74) is 12.0. The number of rotatable bonds is 7. The summed E-state index contributed by atoms with van der Waals surface area (Å²) in [5.74, 6) is -1.38. The van der Waals surface area contributed by atoms with Crippen LogP contribution in [0.3, 0.4) is 0 Å². The molecule has 0 bridgehead atoms. The predicted molar refractivity (Wildman–Crippen MR) is 125 cm³/mol. The Morgan fingerprint density at radius 1 is 1.03 bits per heavy atom. The Labute approximate surface area is 197 Å². The van der Waals surface area contributed by atoms with E-state index in [1.807, 2.05) is 0 Å². The summed E-state index contributed by atoms with van der Waals surface area (Å²) in [6.07, 6.45) is 12.0. The molecule has 4 rings (SSSR count). The minimum absolute atomic E-state index is 0.0262. The number of carbonyl (C=O) groups is 3. The molecule has 1 unspecified atom stereocenters. The molecule has 0 saturated heterocycles. The summed E-state index contributed by atoms with van der Waals surface area (Å²) >= 11 is 0.849. The number of nitrogens with two attached hydrogens (primary N) is 2. The molecular weight excluding hydrogens is 440 g/mol. The molecule has 2 aliphatic rings. The molecule has 0 aromatic carbocycles. The van der Waals surface area contributed by atoms with Gasteiger partial charge < -0.3 is 21.7 Å². The second-order valence-corrected chi connectivity index (χ2v) is 9.59. The van der Waals surface area contributed by atoms with Crippen LogP contribution in [0.1, 0.15) is 89.6 Å². The van der Waals surface area contributed by atoms with Crippen LogP contribution >= 0.6 is 11.5 Å². The normalized spacial score (nSPS) is 18.1. The first kappa shape index (κ1) is 23.2. The first-order valence-electron chi connectivity index (χ1n) is 11.5. The van der Waals surface area contributed by atoms with Crippen molar-refractivity contribution in [3.05, 3.63) is 40.7 Å². The largest absolute Gasteiger partial charge is 0.395 e. The van der Waals surface area contributed by atoms with Crippen LogP contribution in [0.2, 0.25) is 0 Å². The highest BCUT2D eigenvalue weighted by molar-refractivity contribution is 7.09. The molecule has 0 radical (unpaired) electrons. The number of nitrogen functional groups attached to an aromatic ring is 1. The highest BCUT2D eigenvalue weighted by Gasteiger charge is 2.40. The van der Waals surface area contributed by atoms with Crippen molar-refractivity contribution in [3.63, 3.8) is 0 Å². The topological polar surface area (TPSA) is 144 Å². The van der Waals surface area contributed by atoms with Crippen LogP contribution < -0.4 is 16.8 Å². The van der Waals surface area contributed by atoms with Crippen LogP contribution in [0, 0.1) is 0 Å². The molecule has 9 nitrogen and oxygen atoms in total. The average molecular weight is 471 g/mol. The van der Waals surface area contributed by atoms with Gasteiger partial charge in [-0.15, -0.1) is 0 Å². The standard InChI is InChI=1S/C23H30N6O3S/c24-17-18(21(25)30)28-33-20(17)23(32)29(16-8-4-5-9-16)19(14-10-12-26-13-11-14)22(31)27-15-6-2-1-3-7-15/h10-13,15-16,19H,1-9,24H2,(H2,25,30)(H,27,31). The zero-order valence-corrected chi connectivity index (χ0v) is 19.4. The minimum Gasteiger partial charge on any atom is -0.395 e. The van der Waals surface area contributed by atoms with Crippen LogP contribution in [0.25, 0.3) is 0 Å². The maximum Gasteiger partial charge on any atom is 0.270 e. The molecule has 5 N–H and O–H groups in total. The summed E-state index contributed by atoms with van der Waals surface area (Å²) in [7, 11) is 0. The van der Waals surface area contributed by atoms with E-state index in [2.05, 4.69) is 14.7 Å². The second-order valence-electron chi connectivity index (χ2n) is 8.82. The van der Waals surface area contributed by atoms with Crippen molar-refractivity contribution in [3.8, 4) is 0 Å². The molecule has 3 amide bonds. The monoisotopic (exact) mass is 470 g/mol. The van der Waals surface area contributed by atoms with Crippen molar-refractivity contribution in [1.29, 1.82) is 0 Å². The molecule has 176 valence electrons. The van der Waals surface area contributed by atoms with Crippen molar-refractivity contribution >= 4 is 34.9 Å². The van der Waals surface area contributed by atoms with Gasteiger partial charge in [-0.3, -0.25) is 19.4 Å². The Morgan fingerprint density at radius 3 is 2.27 bits per heavy atom. The van der Waals surface area contributed by atoms with Gasteiger partial charge in [0.1, 0.15) is 10.9 Å². The Kier molecular flexibility index (Phi) is 7.22. The molecular formula is C23H30N6O3S. The quantitative estimate of drug-likeness (QED) is 0.567. The number of nitrogens with zero attached hydrogens (tertiary/aromatic N) is 3. The van der Waals surface area contributed by atoms with Crippen LogP contribution in [0.4, 0.5) is 5.69 Å². The molecule has 33 heavy (non-hydrogen) atoms. The third kappa shape index (κ3) is 5.00. The zero-order chi connectivity index (χ0) is 23.4. The highest BCUT2D eigenvalue weighted by atomic mass is 32.1. The van der Waals surface area contributed by atoms with E-state index in [1.165, 1.54) is 6.42 Å². The second kappa shape index (κ2) is 10.3. The van der Waals surface area contributed by atoms with Gasteiger partial charge in [-0.2, -0.15) is 4.37 Å². The number of anilines is 1. The van der Waals surface area contributed by atoms with Crippen LogP contribution in [-0.2, 0) is 4.79 Å². The molecule has 2 saturated carbocycles. The lowest BCUT2D eigenvalue weighted by molar-refractivity contribution is -0.127. The van der Waals surface area contributed by atoms with Gasteiger partial charge in [-0.25, -0.2) is 0 Å². The van der Waals surface area contributed by atoms with Crippen molar-refractivity contribution in [2.75, 3.05) is 5.73 Å². The fourth-order valence-electron chi connectivity index (χ4n) is 4.93. The number of aromatic nitrogens is 2. The number of hydrogen-bond donors (Lipinski definition) is 3. The van der Waals surface area contributed by atoms with Crippen molar-refractivity contribution < 1.29 is 14.4 Å². The van der Waals surface area contributed by atoms with E-state index in [0.29, 0.717) is 5.56 Å². The maximum absolute atomic E-state index is 13.9. The summed E-state index contributed by atoms with van der Waals surface area (Å²) in [6, 6.07) is 2.69. The minimum atomic E-state index is -0.830. The van der Waals surface area contributed by atoms with E-state index in [9.17, 15) is 14.4 Å². The van der Waals surface area contributed by atoms with Crippen molar-refractivity contribution in [2.24, 2.45) is 5.73 Å². The van der Waals surface area contributed by atoms with E-state index in [0.717, 1.165) is 62.9 Å². The van der Waals surface area contributed by atoms with E-state index in [-0.39, 0.29) is 34.2 Å². The molecule has 2 aromatic heterocycles. The Balaban J connectivity index is 1.73. The average Bonchev–Trinajstić information content (AvgIpc) is 3.48. The van der Waals surface area contributed by atoms with Gasteiger partial charge >= 0.3 is 0 Å². The number of primary amides is 1. The smallest absolute Gasteiger partial charge is 0.270 e. The van der Waals surface area contributed by atoms with E-state index in [4.69, 9.17) is 11.5 Å². The van der Waals surface area contributed by atoms with Crippen LogP contribution in [0.5, 0.6) is 0 Å². The van der Waals surface area contributed by atoms with Crippen LogP contribution in [-0.4, -0.2) is 44.1 Å². The van der Waals surface area contributed by atoms with E-state index < -0.39 is 17.9 Å². The number of amides is 3. The van der Waals surface area contributed by atoms with Gasteiger partial charge in [-0.05, 0) is 54.9 Å². The van der Waals surface area contributed by atoms with Gasteiger partial charge in [0.2, 0.25) is 5.91 Å². The van der Waals surface area contributed by atoms with E-state index >= 15 is 0 Å². The first-order chi connectivity index (χ1) is 16.0. The predicted octanol–water partition coefficient (Wildman–Crippen LogP) is 2.79. The third-order valence-electron chi connectivity index (χ3n) is 6.61. The van der Waals surface area contributed by atoms with E-state index in [1.54, 1.807) is 29.4 Å². The number of hydrogen-bond acceptors (Lipinski definition) is 7. The van der Waals surface area contributed by atoms with Crippen molar-refractivity contribution in [1.82, 2.24) is 19.6 Å².